The van der Waals surface area contributed by atoms with Gasteiger partial charge in [-0.1, -0.05) is 6.08 Å². The molecule has 0 amide bonds. The quantitative estimate of drug-likeness (QED) is 0.659. The molecule has 0 aromatic carbocycles. The van der Waals surface area contributed by atoms with Crippen molar-refractivity contribution < 1.29 is 9.90 Å². The van der Waals surface area contributed by atoms with Gasteiger partial charge in [-0.25, -0.2) is 0 Å². The molecule has 2 aliphatic rings. The molecule has 4 heteroatoms. The van der Waals surface area contributed by atoms with Crippen molar-refractivity contribution >= 4 is 57.4 Å². The Balaban J connectivity index is 0.000000980. The second-order valence-electron chi connectivity index (χ2n) is 2.90. The number of allylic oxidation sites excluding steroid dienone is 3. The number of carboxylic acids is 1. The van der Waals surface area contributed by atoms with E-state index in [1.54, 1.807) is 18.4 Å². The van der Waals surface area contributed by atoms with Crippen molar-refractivity contribution in [3.05, 3.63) is 48.5 Å². The minimum atomic E-state index is -0.814. The Morgan fingerprint density at radius 2 is 2.14 bits per heavy atom. The summed E-state index contributed by atoms with van der Waals surface area (Å²) in [6.07, 6.45) is 12.7. The van der Waals surface area contributed by atoms with Gasteiger partial charge in [0.1, 0.15) is 0 Å². The third-order valence-corrected chi connectivity index (χ3v) is 2.01. The van der Waals surface area contributed by atoms with Crippen molar-refractivity contribution in [3.8, 4) is 0 Å². The van der Waals surface area contributed by atoms with Gasteiger partial charge in [-0.05, 0) is 24.3 Å². The molecule has 14 heavy (non-hydrogen) atoms. The first-order chi connectivity index (χ1) is 6.27. The Hall–Kier alpha value is -0.134. The van der Waals surface area contributed by atoms with Crippen molar-refractivity contribution in [1.29, 1.82) is 0 Å². The third kappa shape index (κ3) is 2.46. The van der Waals surface area contributed by atoms with E-state index in [1.165, 1.54) is 0 Å². The Labute approximate surface area is 125 Å². The number of rotatable bonds is 1. The summed E-state index contributed by atoms with van der Waals surface area (Å²) < 4.78 is 0. The van der Waals surface area contributed by atoms with E-state index in [2.05, 4.69) is 0 Å². The molecule has 0 spiro atoms. The van der Waals surface area contributed by atoms with Crippen LogP contribution in [0.1, 0.15) is 0 Å². The van der Waals surface area contributed by atoms with Crippen LogP contribution < -0.4 is 0 Å². The number of fused-ring (bicyclic) bond motifs is 1. The van der Waals surface area contributed by atoms with Gasteiger partial charge in [0.15, 0.2) is 0 Å². The van der Waals surface area contributed by atoms with Crippen molar-refractivity contribution in [1.82, 2.24) is 4.90 Å². The van der Waals surface area contributed by atoms with Crippen molar-refractivity contribution in [2.45, 2.75) is 0 Å². The zero-order chi connectivity index (χ0) is 9.26. The Kier molecular flexibility index (Phi) is 4.34. The fraction of sp³-hybridized carbons (Fsp3) is 0.100. The third-order valence-electron chi connectivity index (χ3n) is 2.01. The molecule has 0 aromatic rings. The predicted molar refractivity (Wildman–Crippen MR) is 55.6 cm³/mol. The summed E-state index contributed by atoms with van der Waals surface area (Å²) in [7, 11) is 0. The zero-order valence-corrected chi connectivity index (χ0v) is 6.92. The molecule has 2 rings (SSSR count). The second kappa shape index (κ2) is 5.09. The predicted octanol–water partition coefficient (Wildman–Crippen LogP) is 0.835. The van der Waals surface area contributed by atoms with E-state index in [4.69, 9.17) is 5.11 Å². The molecule has 3 nitrogen and oxygen atoms in total. The summed E-state index contributed by atoms with van der Waals surface area (Å²) in [5.74, 6) is -1.31. The minimum absolute atomic E-state index is 0. The summed E-state index contributed by atoms with van der Waals surface area (Å²) in [5, 5.41) is 8.77. The van der Waals surface area contributed by atoms with Crippen LogP contribution in [0, 0.1) is 5.92 Å². The maximum atomic E-state index is 10.7. The summed E-state index contributed by atoms with van der Waals surface area (Å²) in [6.45, 7) is 0. The van der Waals surface area contributed by atoms with Crippen LogP contribution in [0.25, 0.3) is 0 Å². The fourth-order valence-electron chi connectivity index (χ4n) is 1.32. The Bertz CT molecular complexity index is 355. The van der Waals surface area contributed by atoms with Gasteiger partial charge >= 0.3 is 57.4 Å². The van der Waals surface area contributed by atoms with Gasteiger partial charge < -0.3 is 10.0 Å². The molecule has 0 radical (unpaired) electrons. The molecule has 1 N–H and O–H groups in total. The summed E-state index contributed by atoms with van der Waals surface area (Å²) >= 11 is 0. The first kappa shape index (κ1) is 11.9. The molecule has 2 aliphatic heterocycles. The van der Waals surface area contributed by atoms with E-state index < -0.39 is 11.9 Å². The van der Waals surface area contributed by atoms with E-state index in [1.807, 2.05) is 29.3 Å². The SMILES string of the molecule is O=C(O)C1C=CN2C=CC=CC2=C1.[KH]. The molecule has 1 unspecified atom stereocenters. The van der Waals surface area contributed by atoms with Crippen molar-refractivity contribution in [2.24, 2.45) is 5.92 Å². The van der Waals surface area contributed by atoms with Crippen molar-refractivity contribution in [2.75, 3.05) is 0 Å². The average Bonchev–Trinajstić information content (AvgIpc) is 2.17. The Morgan fingerprint density at radius 3 is 2.86 bits per heavy atom. The van der Waals surface area contributed by atoms with Crippen LogP contribution in [0.15, 0.2) is 48.5 Å². The normalized spacial score (nSPS) is 22.4. The molecule has 68 valence electrons. The maximum absolute atomic E-state index is 10.7. The molecule has 0 bridgehead atoms. The second-order valence-corrected chi connectivity index (χ2v) is 2.90. The van der Waals surface area contributed by atoms with E-state index in [-0.39, 0.29) is 51.4 Å². The van der Waals surface area contributed by atoms with E-state index in [9.17, 15) is 4.79 Å². The summed E-state index contributed by atoms with van der Waals surface area (Å²) in [4.78, 5) is 12.6. The van der Waals surface area contributed by atoms with E-state index >= 15 is 0 Å². The van der Waals surface area contributed by atoms with Crippen LogP contribution in [0.4, 0.5) is 0 Å². The monoisotopic (exact) mass is 215 g/mol. The van der Waals surface area contributed by atoms with Gasteiger partial charge in [0.2, 0.25) is 0 Å². The van der Waals surface area contributed by atoms with Gasteiger partial charge in [0.25, 0.3) is 0 Å². The number of carbonyl (C=O) groups is 1. The average molecular weight is 215 g/mol. The number of carboxylic acid groups (broad SMARTS) is 1. The van der Waals surface area contributed by atoms with E-state index in [0.29, 0.717) is 0 Å². The van der Waals surface area contributed by atoms with Crippen LogP contribution >= 0.6 is 0 Å². The van der Waals surface area contributed by atoms with Crippen LogP contribution in [-0.2, 0) is 4.79 Å². The van der Waals surface area contributed by atoms with Crippen molar-refractivity contribution in [3.63, 3.8) is 0 Å². The zero-order valence-electron chi connectivity index (χ0n) is 6.92. The Morgan fingerprint density at radius 1 is 1.36 bits per heavy atom. The number of nitrogens with zero attached hydrogens (tertiary/aromatic N) is 1. The van der Waals surface area contributed by atoms with Gasteiger partial charge in [-0.3, -0.25) is 4.79 Å². The number of aliphatic carboxylic acids is 1. The van der Waals surface area contributed by atoms with Gasteiger partial charge in [-0.2, -0.15) is 0 Å². The van der Waals surface area contributed by atoms with Crippen LogP contribution in [0.5, 0.6) is 0 Å². The summed E-state index contributed by atoms with van der Waals surface area (Å²) in [6, 6.07) is 0. The molecule has 0 aromatic heterocycles. The van der Waals surface area contributed by atoms with Gasteiger partial charge in [-0.15, -0.1) is 0 Å². The summed E-state index contributed by atoms with van der Waals surface area (Å²) in [5.41, 5.74) is 0.914. The topological polar surface area (TPSA) is 40.5 Å². The molecular formula is C10H10KNO2. The first-order valence-electron chi connectivity index (χ1n) is 4.03. The van der Waals surface area contributed by atoms with Gasteiger partial charge in [0.05, 0.1) is 5.92 Å². The molecule has 0 aliphatic carbocycles. The molecule has 0 fully saturated rings. The molecule has 2 heterocycles. The van der Waals surface area contributed by atoms with Gasteiger partial charge in [0, 0.05) is 18.1 Å². The van der Waals surface area contributed by atoms with Crippen LogP contribution in [0.2, 0.25) is 0 Å². The molecular weight excluding hydrogens is 205 g/mol. The standard InChI is InChI=1S/C10H9NO2.K.H/c12-10(13)8-4-6-11-5-2-1-3-9(11)7-8;;/h1-8H,(H,12,13);;. The number of hydrogen-bond acceptors (Lipinski definition) is 2. The first-order valence-corrected chi connectivity index (χ1v) is 4.03. The fourth-order valence-corrected chi connectivity index (χ4v) is 1.32. The molecule has 1 atom stereocenters. The van der Waals surface area contributed by atoms with Crippen LogP contribution in [0.3, 0.4) is 0 Å². The molecule has 0 saturated carbocycles. The van der Waals surface area contributed by atoms with Crippen LogP contribution in [-0.4, -0.2) is 67.4 Å². The van der Waals surface area contributed by atoms with E-state index in [0.717, 1.165) is 5.70 Å². The molecule has 0 saturated heterocycles. The number of hydrogen-bond donors (Lipinski definition) is 1.